The van der Waals surface area contributed by atoms with Gasteiger partial charge in [-0.15, -0.1) is 20.4 Å². The van der Waals surface area contributed by atoms with Crippen LogP contribution in [0.2, 0.25) is 0 Å². The summed E-state index contributed by atoms with van der Waals surface area (Å²) in [6.07, 6.45) is 5.08. The molecular weight excluding hydrogens is 218 g/mol. The number of aromatic nitrogens is 4. The van der Waals surface area contributed by atoms with E-state index in [0.717, 1.165) is 18.7 Å². The molecule has 0 unspecified atom stereocenters. The summed E-state index contributed by atoms with van der Waals surface area (Å²) in [5.41, 5.74) is 0. The molecule has 0 aliphatic carbocycles. The number of hydrogen-bond donors (Lipinski definition) is 1. The summed E-state index contributed by atoms with van der Waals surface area (Å²) in [7, 11) is 0. The van der Waals surface area contributed by atoms with Crippen LogP contribution in [0.5, 0.6) is 0 Å². The average molecular weight is 231 g/mol. The Morgan fingerprint density at radius 3 is 2.43 bits per heavy atom. The van der Waals surface area contributed by atoms with Crippen molar-refractivity contribution >= 4 is 29.5 Å². The van der Waals surface area contributed by atoms with Crippen LogP contribution >= 0.6 is 23.5 Å². The molecule has 0 aromatic carbocycles. The van der Waals surface area contributed by atoms with E-state index in [4.69, 9.17) is 0 Å². The molecule has 1 heterocycles. The van der Waals surface area contributed by atoms with E-state index in [1.165, 1.54) is 11.8 Å². The molecule has 1 N–H and O–H groups in total. The van der Waals surface area contributed by atoms with Gasteiger partial charge < -0.3 is 5.32 Å². The first-order chi connectivity index (χ1) is 6.86. The van der Waals surface area contributed by atoms with Gasteiger partial charge in [0.2, 0.25) is 5.16 Å². The van der Waals surface area contributed by atoms with E-state index in [9.17, 15) is 0 Å². The van der Waals surface area contributed by atoms with Crippen molar-refractivity contribution in [1.82, 2.24) is 20.4 Å². The first-order valence-corrected chi connectivity index (χ1v) is 6.83. The molecule has 0 saturated carbocycles. The normalized spacial score (nSPS) is 10.1. The van der Waals surface area contributed by atoms with Gasteiger partial charge in [-0.3, -0.25) is 0 Å². The summed E-state index contributed by atoms with van der Waals surface area (Å²) in [6.45, 7) is 0.864. The minimum atomic E-state index is 0.504. The van der Waals surface area contributed by atoms with E-state index in [0.29, 0.717) is 11.1 Å². The number of anilines is 1. The fourth-order valence-electron chi connectivity index (χ4n) is 0.789. The Morgan fingerprint density at radius 1 is 1.14 bits per heavy atom. The molecule has 0 aliphatic rings. The van der Waals surface area contributed by atoms with Crippen molar-refractivity contribution in [1.29, 1.82) is 0 Å². The number of nitrogens with one attached hydrogen (secondary N) is 1. The highest BCUT2D eigenvalue weighted by Gasteiger charge is 1.98. The number of hydrogen-bond acceptors (Lipinski definition) is 7. The smallest absolute Gasteiger partial charge is 0.262 e. The molecule has 0 spiro atoms. The molecule has 7 heteroatoms. The van der Waals surface area contributed by atoms with Crippen LogP contribution in [0.25, 0.3) is 0 Å². The van der Waals surface area contributed by atoms with Crippen molar-refractivity contribution in [3.8, 4) is 0 Å². The van der Waals surface area contributed by atoms with Crippen molar-refractivity contribution in [2.75, 3.05) is 30.1 Å². The van der Waals surface area contributed by atoms with Crippen LogP contribution in [-0.2, 0) is 0 Å². The maximum Gasteiger partial charge on any atom is 0.262 e. The quantitative estimate of drug-likeness (QED) is 0.582. The minimum Gasteiger partial charge on any atom is -0.352 e. The lowest BCUT2D eigenvalue weighted by molar-refractivity contribution is 0.746. The van der Waals surface area contributed by atoms with Crippen LogP contribution in [0.4, 0.5) is 5.95 Å². The predicted octanol–water partition coefficient (Wildman–Crippen LogP) is 1.15. The van der Waals surface area contributed by atoms with Gasteiger partial charge in [-0.25, -0.2) is 0 Å². The molecule has 0 aliphatic heterocycles. The van der Waals surface area contributed by atoms with Gasteiger partial charge >= 0.3 is 0 Å². The van der Waals surface area contributed by atoms with Crippen molar-refractivity contribution in [3.05, 3.63) is 0 Å². The Morgan fingerprint density at radius 2 is 1.86 bits per heavy atom. The molecule has 78 valence electrons. The molecule has 0 bridgehead atoms. The first kappa shape index (κ1) is 11.5. The zero-order valence-electron chi connectivity index (χ0n) is 8.23. The summed E-state index contributed by atoms with van der Waals surface area (Å²) in [4.78, 5) is 0. The number of nitrogens with zero attached hydrogens (tertiary/aromatic N) is 4. The van der Waals surface area contributed by atoms with Gasteiger partial charge in [0.1, 0.15) is 0 Å². The van der Waals surface area contributed by atoms with Gasteiger partial charge in [0.15, 0.2) is 0 Å². The number of rotatable bonds is 6. The molecule has 0 radical (unpaired) electrons. The lowest BCUT2D eigenvalue weighted by atomic mass is 10.5. The highest BCUT2D eigenvalue weighted by Crippen LogP contribution is 2.04. The second kappa shape index (κ2) is 6.83. The Kier molecular flexibility index (Phi) is 5.62. The van der Waals surface area contributed by atoms with E-state index >= 15 is 0 Å². The molecule has 0 fully saturated rings. The maximum atomic E-state index is 3.88. The highest BCUT2D eigenvalue weighted by molar-refractivity contribution is 7.98. The summed E-state index contributed by atoms with van der Waals surface area (Å²) in [6, 6.07) is 0. The molecule has 1 aromatic heterocycles. The van der Waals surface area contributed by atoms with Gasteiger partial charge in [-0.1, -0.05) is 11.8 Å². The van der Waals surface area contributed by atoms with E-state index in [1.807, 2.05) is 18.0 Å². The summed E-state index contributed by atoms with van der Waals surface area (Å²) in [5, 5.41) is 19.2. The second-order valence-corrected chi connectivity index (χ2v) is 4.24. The van der Waals surface area contributed by atoms with Gasteiger partial charge in [0.05, 0.1) is 0 Å². The van der Waals surface area contributed by atoms with Crippen molar-refractivity contribution in [3.63, 3.8) is 0 Å². The third-order valence-electron chi connectivity index (χ3n) is 1.45. The first-order valence-electron chi connectivity index (χ1n) is 4.21. The maximum absolute atomic E-state index is 3.88. The van der Waals surface area contributed by atoms with E-state index in [1.54, 1.807) is 0 Å². The van der Waals surface area contributed by atoms with Gasteiger partial charge in [-0.2, -0.15) is 11.8 Å². The van der Waals surface area contributed by atoms with E-state index in [-0.39, 0.29) is 0 Å². The molecule has 14 heavy (non-hydrogen) atoms. The lowest BCUT2D eigenvalue weighted by Gasteiger charge is -2.01. The van der Waals surface area contributed by atoms with Gasteiger partial charge in [0.25, 0.3) is 5.95 Å². The minimum absolute atomic E-state index is 0.504. The highest BCUT2D eigenvalue weighted by atomic mass is 32.2. The zero-order chi connectivity index (χ0) is 10.2. The molecule has 1 rings (SSSR count). The Labute approximate surface area is 91.9 Å². The Balaban J connectivity index is 2.29. The molecular formula is C7H13N5S2. The monoisotopic (exact) mass is 231 g/mol. The van der Waals surface area contributed by atoms with Crippen molar-refractivity contribution in [2.24, 2.45) is 0 Å². The predicted molar refractivity (Wildman–Crippen MR) is 60.9 cm³/mol. The van der Waals surface area contributed by atoms with Crippen LogP contribution in [-0.4, -0.2) is 45.2 Å². The van der Waals surface area contributed by atoms with Crippen molar-refractivity contribution in [2.45, 2.75) is 11.6 Å². The largest absolute Gasteiger partial charge is 0.352 e. The number of thioether (sulfide) groups is 2. The average Bonchev–Trinajstić information content (AvgIpc) is 2.25. The van der Waals surface area contributed by atoms with Crippen LogP contribution < -0.4 is 5.32 Å². The summed E-state index contributed by atoms with van der Waals surface area (Å²) in [5.74, 6) is 1.64. The Hall–Kier alpha value is -0.560. The van der Waals surface area contributed by atoms with Gasteiger partial charge in [0, 0.05) is 6.54 Å². The molecule has 5 nitrogen and oxygen atoms in total. The topological polar surface area (TPSA) is 63.6 Å². The molecule has 0 saturated heterocycles. The summed E-state index contributed by atoms with van der Waals surface area (Å²) >= 11 is 3.26. The fourth-order valence-corrected chi connectivity index (χ4v) is 1.47. The van der Waals surface area contributed by atoms with Gasteiger partial charge in [-0.05, 0) is 24.7 Å². The van der Waals surface area contributed by atoms with Crippen LogP contribution in [0.3, 0.4) is 0 Å². The standard InChI is InChI=1S/C7H13N5S2/c1-13-5-3-4-8-6-9-11-7(14-2)12-10-6/h3-5H2,1-2H3,(H,8,9,10). The molecule has 1 aromatic rings. The SMILES string of the molecule is CSCCCNc1nnc(SC)nn1. The Bertz CT molecular complexity index is 253. The fraction of sp³-hybridized carbons (Fsp3) is 0.714. The lowest BCUT2D eigenvalue weighted by Crippen LogP contribution is -2.08. The van der Waals surface area contributed by atoms with Crippen LogP contribution in [0, 0.1) is 0 Å². The molecule has 0 amide bonds. The third-order valence-corrected chi connectivity index (χ3v) is 2.68. The van der Waals surface area contributed by atoms with Crippen molar-refractivity contribution < 1.29 is 0 Å². The van der Waals surface area contributed by atoms with Crippen LogP contribution in [0.1, 0.15) is 6.42 Å². The summed E-state index contributed by atoms with van der Waals surface area (Å²) < 4.78 is 0. The van der Waals surface area contributed by atoms with Crippen LogP contribution in [0.15, 0.2) is 5.16 Å². The zero-order valence-corrected chi connectivity index (χ0v) is 9.86. The third kappa shape index (κ3) is 4.10. The van der Waals surface area contributed by atoms with E-state index in [2.05, 4.69) is 32.0 Å². The van der Waals surface area contributed by atoms with E-state index < -0.39 is 0 Å². The molecule has 0 atom stereocenters. The second-order valence-electron chi connectivity index (χ2n) is 2.48.